The second-order valence-electron chi connectivity index (χ2n) is 4.54. The van der Waals surface area contributed by atoms with Crippen molar-refractivity contribution in [2.75, 3.05) is 18.0 Å². The van der Waals surface area contributed by atoms with E-state index in [-0.39, 0.29) is 0 Å². The van der Waals surface area contributed by atoms with Gasteiger partial charge in [0.25, 0.3) is 0 Å². The van der Waals surface area contributed by atoms with Crippen LogP contribution in [0.25, 0.3) is 16.3 Å². The lowest BCUT2D eigenvalue weighted by Gasteiger charge is -2.20. The van der Waals surface area contributed by atoms with Gasteiger partial charge in [0, 0.05) is 28.8 Å². The highest BCUT2D eigenvalue weighted by Crippen LogP contribution is 2.45. The van der Waals surface area contributed by atoms with E-state index in [1.807, 2.05) is 0 Å². The molecule has 0 unspecified atom stereocenters. The summed E-state index contributed by atoms with van der Waals surface area (Å²) in [5.74, 6) is 0. The van der Waals surface area contributed by atoms with E-state index in [4.69, 9.17) is 5.73 Å². The molecule has 0 saturated carbocycles. The maximum atomic E-state index is 6.02. The van der Waals surface area contributed by atoms with Gasteiger partial charge >= 0.3 is 0 Å². The Labute approximate surface area is 94.0 Å². The summed E-state index contributed by atoms with van der Waals surface area (Å²) < 4.78 is 0. The second kappa shape index (κ2) is 2.59. The zero-order valence-electron chi connectivity index (χ0n) is 8.90. The average molecular weight is 208 g/mol. The Morgan fingerprint density at radius 3 is 2.81 bits per heavy atom. The van der Waals surface area contributed by atoms with Crippen LogP contribution in [0.3, 0.4) is 0 Å². The fourth-order valence-corrected chi connectivity index (χ4v) is 2.90. The molecule has 2 aliphatic heterocycles. The first-order valence-corrected chi connectivity index (χ1v) is 5.59. The largest absolute Gasteiger partial charge is 0.400 e. The van der Waals surface area contributed by atoms with E-state index in [0.29, 0.717) is 0 Å². The van der Waals surface area contributed by atoms with Gasteiger partial charge in [0.2, 0.25) is 0 Å². The molecular weight excluding hydrogens is 196 g/mol. The lowest BCUT2D eigenvalue weighted by atomic mass is 9.99. The Kier molecular flexibility index (Phi) is 1.33. The van der Waals surface area contributed by atoms with Gasteiger partial charge in [-0.3, -0.25) is 0 Å². The summed E-state index contributed by atoms with van der Waals surface area (Å²) in [5, 5.41) is 2.66. The summed E-state index contributed by atoms with van der Waals surface area (Å²) >= 11 is 0. The number of benzene rings is 2. The van der Waals surface area contributed by atoms with Crippen molar-refractivity contribution < 1.29 is 0 Å². The molecule has 2 heterocycles. The highest BCUT2D eigenvalue weighted by Gasteiger charge is 2.32. The zero-order valence-corrected chi connectivity index (χ0v) is 8.90. The monoisotopic (exact) mass is 208 g/mol. The molecule has 2 N–H and O–H groups in total. The number of rotatable bonds is 0. The zero-order chi connectivity index (χ0) is 10.7. The van der Waals surface area contributed by atoms with Gasteiger partial charge in [0.15, 0.2) is 0 Å². The maximum Gasteiger partial charge on any atom is 0.0582 e. The lowest BCUT2D eigenvalue weighted by molar-refractivity contribution is 0.999. The summed E-state index contributed by atoms with van der Waals surface area (Å²) in [7, 11) is 0. The molecule has 0 atom stereocenters. The van der Waals surface area contributed by atoms with Gasteiger partial charge in [0.05, 0.1) is 12.2 Å². The summed E-state index contributed by atoms with van der Waals surface area (Å²) in [6, 6.07) is 13.0. The van der Waals surface area contributed by atoms with E-state index in [0.717, 1.165) is 18.8 Å². The van der Waals surface area contributed by atoms with Crippen LogP contribution in [0.2, 0.25) is 0 Å². The van der Waals surface area contributed by atoms with Crippen molar-refractivity contribution in [2.24, 2.45) is 5.73 Å². The van der Waals surface area contributed by atoms with E-state index < -0.39 is 0 Å². The minimum Gasteiger partial charge on any atom is -0.400 e. The SMILES string of the molecule is NC1=C2CN(C1)c1c2ccc2ccccc12. The molecule has 0 spiro atoms. The molecule has 2 nitrogen and oxygen atoms in total. The van der Waals surface area contributed by atoms with Gasteiger partial charge < -0.3 is 10.6 Å². The molecule has 0 saturated heterocycles. The van der Waals surface area contributed by atoms with Crippen LogP contribution in [0.5, 0.6) is 0 Å². The molecule has 0 radical (unpaired) electrons. The minimum atomic E-state index is 0.899. The van der Waals surface area contributed by atoms with E-state index >= 15 is 0 Å². The van der Waals surface area contributed by atoms with Crippen molar-refractivity contribution >= 4 is 22.0 Å². The van der Waals surface area contributed by atoms with Gasteiger partial charge in [0.1, 0.15) is 0 Å². The Balaban J connectivity index is 2.15. The number of anilines is 1. The van der Waals surface area contributed by atoms with Crippen molar-refractivity contribution in [3.63, 3.8) is 0 Å². The highest BCUT2D eigenvalue weighted by molar-refractivity contribution is 6.05. The molecule has 4 rings (SSSR count). The van der Waals surface area contributed by atoms with Crippen LogP contribution in [0.1, 0.15) is 5.56 Å². The van der Waals surface area contributed by atoms with Gasteiger partial charge in [-0.2, -0.15) is 0 Å². The molecule has 16 heavy (non-hydrogen) atoms. The van der Waals surface area contributed by atoms with Crippen LogP contribution < -0.4 is 10.6 Å². The summed E-state index contributed by atoms with van der Waals surface area (Å²) in [6.45, 7) is 1.89. The lowest BCUT2D eigenvalue weighted by Crippen LogP contribution is -2.21. The van der Waals surface area contributed by atoms with Crippen LogP contribution in [0.15, 0.2) is 42.1 Å². The Bertz CT molecular complexity index is 640. The molecule has 0 aliphatic carbocycles. The van der Waals surface area contributed by atoms with E-state index in [1.54, 1.807) is 0 Å². The fourth-order valence-electron chi connectivity index (χ4n) is 2.90. The summed E-state index contributed by atoms with van der Waals surface area (Å²) in [6.07, 6.45) is 0. The van der Waals surface area contributed by atoms with Crippen LogP contribution in [0.4, 0.5) is 5.69 Å². The quantitative estimate of drug-likeness (QED) is 0.720. The molecular formula is C14H12N2. The molecule has 78 valence electrons. The highest BCUT2D eigenvalue weighted by atomic mass is 15.2. The van der Waals surface area contributed by atoms with E-state index in [2.05, 4.69) is 41.3 Å². The van der Waals surface area contributed by atoms with Crippen molar-refractivity contribution in [1.82, 2.24) is 0 Å². The molecule has 2 aliphatic rings. The maximum absolute atomic E-state index is 6.02. The molecule has 2 heteroatoms. The van der Waals surface area contributed by atoms with Gasteiger partial charge in [-0.25, -0.2) is 0 Å². The number of hydrogen-bond acceptors (Lipinski definition) is 2. The summed E-state index contributed by atoms with van der Waals surface area (Å²) in [4.78, 5) is 2.38. The standard InChI is InChI=1S/C14H12N2/c15-13-8-16-7-12(13)11-6-5-9-3-1-2-4-10(9)14(11)16/h1-6H,7-8,15H2. The normalized spacial score (nSPS) is 17.4. The third kappa shape index (κ3) is 0.830. The molecule has 0 amide bonds. The first kappa shape index (κ1) is 8.22. The smallest absolute Gasteiger partial charge is 0.0582 e. The summed E-state index contributed by atoms with van der Waals surface area (Å²) in [5.41, 5.74) is 11.1. The van der Waals surface area contributed by atoms with Crippen LogP contribution in [0, 0.1) is 0 Å². The Morgan fingerprint density at radius 1 is 1.00 bits per heavy atom. The molecule has 0 fully saturated rings. The second-order valence-corrected chi connectivity index (χ2v) is 4.54. The molecule has 2 aromatic rings. The molecule has 2 aromatic carbocycles. The van der Waals surface area contributed by atoms with Crippen molar-refractivity contribution in [3.8, 4) is 0 Å². The fraction of sp³-hybridized carbons (Fsp3) is 0.143. The molecule has 2 bridgehead atoms. The van der Waals surface area contributed by atoms with Crippen LogP contribution in [-0.4, -0.2) is 13.1 Å². The van der Waals surface area contributed by atoms with Crippen LogP contribution in [-0.2, 0) is 0 Å². The van der Waals surface area contributed by atoms with E-state index in [9.17, 15) is 0 Å². The van der Waals surface area contributed by atoms with Crippen molar-refractivity contribution in [1.29, 1.82) is 0 Å². The third-order valence-corrected chi connectivity index (χ3v) is 3.64. The predicted octanol–water partition coefficient (Wildman–Crippen LogP) is 2.34. The van der Waals surface area contributed by atoms with E-state index in [1.165, 1.54) is 27.6 Å². The molecule has 0 aromatic heterocycles. The Morgan fingerprint density at radius 2 is 1.88 bits per heavy atom. The van der Waals surface area contributed by atoms with Crippen LogP contribution >= 0.6 is 0 Å². The van der Waals surface area contributed by atoms with Gasteiger partial charge in [-0.15, -0.1) is 0 Å². The van der Waals surface area contributed by atoms with Crippen molar-refractivity contribution in [3.05, 3.63) is 47.7 Å². The number of hydrogen-bond donors (Lipinski definition) is 1. The van der Waals surface area contributed by atoms with Gasteiger partial charge in [-0.05, 0) is 5.39 Å². The number of nitrogens with two attached hydrogens (primary N) is 1. The minimum absolute atomic E-state index is 0.899. The number of nitrogens with zero attached hydrogens (tertiary/aromatic N) is 1. The van der Waals surface area contributed by atoms with Gasteiger partial charge in [-0.1, -0.05) is 36.4 Å². The topological polar surface area (TPSA) is 29.3 Å². The predicted molar refractivity (Wildman–Crippen MR) is 67.3 cm³/mol. The third-order valence-electron chi connectivity index (χ3n) is 3.64. The van der Waals surface area contributed by atoms with Crippen molar-refractivity contribution in [2.45, 2.75) is 0 Å². The number of fused-ring (bicyclic) bond motifs is 7. The first-order chi connectivity index (χ1) is 7.84. The Hall–Kier alpha value is -1.96. The first-order valence-electron chi connectivity index (χ1n) is 5.59. The average Bonchev–Trinajstić information content (AvgIpc) is 2.86.